The van der Waals surface area contributed by atoms with Gasteiger partial charge in [-0.15, -0.1) is 0 Å². The lowest BCUT2D eigenvalue weighted by Crippen LogP contribution is -2.40. The Balaban J connectivity index is 1.80. The zero-order valence-corrected chi connectivity index (χ0v) is 23.3. The number of carbonyl (C=O) groups is 5. The number of aliphatic carboxylic acids is 1. The standard InChI is InChI=1S/C29H33N5O8/c1-17(35)32-23(29(40)41-2)13-20-9-10-21(26(30)31)14-24(20)42-16-22(15-25(36)37)33-27(38)18-5-7-19(8-6-18)28(39)34-11-3-4-12-34/h5-10,13-14,22H,3-4,11-12,15-16H2,1-2H3,(H3,30,31)(H,32,35)(H,33,38)(H,36,37)/t22-/m1/s1. The molecule has 1 aliphatic heterocycles. The van der Waals surface area contributed by atoms with E-state index in [-0.39, 0.29) is 46.5 Å². The number of nitrogen functional groups attached to an aromatic ring is 1. The summed E-state index contributed by atoms with van der Waals surface area (Å²) in [5.74, 6) is -3.38. The molecule has 2 aromatic rings. The van der Waals surface area contributed by atoms with E-state index in [0.717, 1.165) is 20.0 Å². The molecule has 222 valence electrons. The molecule has 0 aliphatic carbocycles. The Hall–Kier alpha value is -5.20. The number of hydrogen-bond acceptors (Lipinski definition) is 8. The predicted octanol–water partition coefficient (Wildman–Crippen LogP) is 1.51. The first-order valence-corrected chi connectivity index (χ1v) is 13.1. The second kappa shape index (κ2) is 14.4. The fourth-order valence-electron chi connectivity index (χ4n) is 4.24. The van der Waals surface area contributed by atoms with Gasteiger partial charge in [0.2, 0.25) is 5.91 Å². The van der Waals surface area contributed by atoms with Gasteiger partial charge in [-0.25, -0.2) is 4.79 Å². The lowest BCUT2D eigenvalue weighted by atomic mass is 10.1. The Kier molecular flexibility index (Phi) is 10.8. The SMILES string of the molecule is COC(=O)C(=Cc1ccc(C(=N)N)cc1OC[C@@H](CC(=O)O)NC(=O)c1ccc(C(=O)N2CCCC2)cc1)NC(C)=O. The largest absolute Gasteiger partial charge is 0.491 e. The number of amides is 3. The molecular weight excluding hydrogens is 546 g/mol. The third kappa shape index (κ3) is 8.65. The molecule has 3 amide bonds. The van der Waals surface area contributed by atoms with Crippen molar-refractivity contribution < 1.29 is 38.6 Å². The van der Waals surface area contributed by atoms with E-state index in [4.69, 9.17) is 20.6 Å². The van der Waals surface area contributed by atoms with Crippen molar-refractivity contribution in [3.63, 3.8) is 0 Å². The molecule has 0 spiro atoms. The highest BCUT2D eigenvalue weighted by Crippen LogP contribution is 2.24. The molecule has 1 heterocycles. The summed E-state index contributed by atoms with van der Waals surface area (Å²) in [6.45, 7) is 2.30. The van der Waals surface area contributed by atoms with Crippen LogP contribution in [0.25, 0.3) is 6.08 Å². The molecule has 0 aromatic heterocycles. The Labute approximate surface area is 242 Å². The van der Waals surface area contributed by atoms with Crippen molar-refractivity contribution >= 4 is 41.6 Å². The number of nitrogens with one attached hydrogen (secondary N) is 3. The normalized spacial score (nSPS) is 13.6. The average molecular weight is 580 g/mol. The van der Waals surface area contributed by atoms with Crippen molar-refractivity contribution in [1.29, 1.82) is 5.41 Å². The fourth-order valence-corrected chi connectivity index (χ4v) is 4.24. The number of carboxylic acids is 1. The second-order valence-corrected chi connectivity index (χ2v) is 9.55. The number of rotatable bonds is 12. The molecule has 1 aliphatic rings. The number of carboxylic acid groups (broad SMARTS) is 1. The van der Waals surface area contributed by atoms with E-state index in [1.165, 1.54) is 43.3 Å². The lowest BCUT2D eigenvalue weighted by molar-refractivity contribution is -0.138. The third-order valence-corrected chi connectivity index (χ3v) is 6.32. The zero-order valence-electron chi connectivity index (χ0n) is 23.3. The summed E-state index contributed by atoms with van der Waals surface area (Å²) in [4.78, 5) is 62.6. The number of likely N-dealkylation sites (tertiary alicyclic amines) is 1. The van der Waals surface area contributed by atoms with Crippen LogP contribution < -0.4 is 21.1 Å². The molecule has 0 saturated carbocycles. The van der Waals surface area contributed by atoms with Gasteiger partial charge in [0.1, 0.15) is 23.9 Å². The first kappa shape index (κ1) is 31.3. The molecule has 1 atom stereocenters. The molecule has 0 unspecified atom stereocenters. The van der Waals surface area contributed by atoms with E-state index < -0.39 is 36.2 Å². The molecule has 42 heavy (non-hydrogen) atoms. The van der Waals surface area contributed by atoms with Gasteiger partial charge in [0.25, 0.3) is 11.8 Å². The van der Waals surface area contributed by atoms with Crippen LogP contribution in [0.2, 0.25) is 0 Å². The summed E-state index contributed by atoms with van der Waals surface area (Å²) in [6, 6.07) is 9.50. The Morgan fingerprint density at radius 3 is 2.24 bits per heavy atom. The van der Waals surface area contributed by atoms with Crippen molar-refractivity contribution in [2.75, 3.05) is 26.8 Å². The van der Waals surface area contributed by atoms with Crippen molar-refractivity contribution in [3.8, 4) is 5.75 Å². The Morgan fingerprint density at radius 1 is 1.05 bits per heavy atom. The molecule has 0 radical (unpaired) electrons. The summed E-state index contributed by atoms with van der Waals surface area (Å²) in [7, 11) is 1.15. The quantitative estimate of drug-likeness (QED) is 0.107. The summed E-state index contributed by atoms with van der Waals surface area (Å²) < 4.78 is 10.6. The van der Waals surface area contributed by atoms with E-state index in [1.54, 1.807) is 17.0 Å². The Morgan fingerprint density at radius 2 is 1.67 bits per heavy atom. The number of nitrogens with two attached hydrogens (primary N) is 1. The predicted molar refractivity (Wildman–Crippen MR) is 152 cm³/mol. The first-order chi connectivity index (χ1) is 20.0. The van der Waals surface area contributed by atoms with Gasteiger partial charge in [-0.3, -0.25) is 24.6 Å². The van der Waals surface area contributed by atoms with Crippen LogP contribution in [0.3, 0.4) is 0 Å². The highest BCUT2D eigenvalue weighted by molar-refractivity contribution is 5.99. The Bertz CT molecular complexity index is 1400. The van der Waals surface area contributed by atoms with Gasteiger partial charge in [-0.05, 0) is 49.2 Å². The molecule has 1 fully saturated rings. The lowest BCUT2D eigenvalue weighted by Gasteiger charge is -2.20. The minimum absolute atomic E-state index is 0.101. The zero-order chi connectivity index (χ0) is 30.8. The summed E-state index contributed by atoms with van der Waals surface area (Å²) in [5.41, 5.74) is 6.67. The number of esters is 1. The highest BCUT2D eigenvalue weighted by atomic mass is 16.5. The van der Waals surface area contributed by atoms with Crippen molar-refractivity contribution in [3.05, 3.63) is 70.4 Å². The summed E-state index contributed by atoms with van der Waals surface area (Å²) in [5, 5.41) is 22.2. The number of ether oxygens (including phenoxy) is 2. The number of hydrogen-bond donors (Lipinski definition) is 5. The first-order valence-electron chi connectivity index (χ1n) is 13.1. The highest BCUT2D eigenvalue weighted by Gasteiger charge is 2.22. The minimum atomic E-state index is -1.19. The molecule has 2 aromatic carbocycles. The van der Waals surface area contributed by atoms with Gasteiger partial charge in [0.05, 0.1) is 19.6 Å². The van der Waals surface area contributed by atoms with Crippen LogP contribution in [0.5, 0.6) is 5.75 Å². The molecule has 6 N–H and O–H groups in total. The van der Waals surface area contributed by atoms with Crippen LogP contribution in [0.1, 0.15) is 58.0 Å². The van der Waals surface area contributed by atoms with Gasteiger partial charge < -0.3 is 35.8 Å². The van der Waals surface area contributed by atoms with Crippen LogP contribution in [0, 0.1) is 5.41 Å². The number of benzene rings is 2. The monoisotopic (exact) mass is 579 g/mol. The van der Waals surface area contributed by atoms with Crippen molar-refractivity contribution in [2.45, 2.75) is 32.2 Å². The summed E-state index contributed by atoms with van der Waals surface area (Å²) in [6.07, 6.45) is 2.73. The van der Waals surface area contributed by atoms with Crippen LogP contribution in [0.15, 0.2) is 48.2 Å². The third-order valence-electron chi connectivity index (χ3n) is 6.32. The van der Waals surface area contributed by atoms with E-state index in [9.17, 15) is 29.1 Å². The molecule has 13 heteroatoms. The number of carbonyl (C=O) groups excluding carboxylic acids is 4. The van der Waals surface area contributed by atoms with E-state index in [0.29, 0.717) is 18.7 Å². The smallest absolute Gasteiger partial charge is 0.354 e. The van der Waals surface area contributed by atoms with Crippen LogP contribution in [-0.4, -0.2) is 78.4 Å². The van der Waals surface area contributed by atoms with Gasteiger partial charge in [-0.1, -0.05) is 12.1 Å². The van der Waals surface area contributed by atoms with E-state index in [2.05, 4.69) is 10.6 Å². The van der Waals surface area contributed by atoms with Gasteiger partial charge >= 0.3 is 11.9 Å². The van der Waals surface area contributed by atoms with Gasteiger partial charge in [0, 0.05) is 42.3 Å². The second-order valence-electron chi connectivity index (χ2n) is 9.55. The van der Waals surface area contributed by atoms with Crippen LogP contribution >= 0.6 is 0 Å². The van der Waals surface area contributed by atoms with E-state index in [1.807, 2.05) is 0 Å². The minimum Gasteiger partial charge on any atom is -0.491 e. The molecule has 3 rings (SSSR count). The topological polar surface area (TPSA) is 201 Å². The van der Waals surface area contributed by atoms with Crippen molar-refractivity contribution in [1.82, 2.24) is 15.5 Å². The maximum atomic E-state index is 13.0. The average Bonchev–Trinajstić information content (AvgIpc) is 3.50. The molecular formula is C29H33N5O8. The van der Waals surface area contributed by atoms with Crippen LogP contribution in [0.4, 0.5) is 0 Å². The van der Waals surface area contributed by atoms with Gasteiger partial charge in [0.15, 0.2) is 0 Å². The van der Waals surface area contributed by atoms with Gasteiger partial charge in [-0.2, -0.15) is 0 Å². The molecule has 1 saturated heterocycles. The maximum Gasteiger partial charge on any atom is 0.354 e. The van der Waals surface area contributed by atoms with E-state index >= 15 is 0 Å². The number of nitrogens with zero attached hydrogens (tertiary/aromatic N) is 1. The number of amidine groups is 1. The number of methoxy groups -OCH3 is 1. The molecule has 13 nitrogen and oxygen atoms in total. The fraction of sp³-hybridized carbons (Fsp3) is 0.310. The summed E-state index contributed by atoms with van der Waals surface area (Å²) >= 11 is 0. The maximum absolute atomic E-state index is 13.0. The molecule has 0 bridgehead atoms. The van der Waals surface area contributed by atoms with Crippen molar-refractivity contribution in [2.24, 2.45) is 5.73 Å². The van der Waals surface area contributed by atoms with Crippen LogP contribution in [-0.2, 0) is 19.1 Å².